The molecule has 0 radical (unpaired) electrons. The van der Waals surface area contributed by atoms with Crippen LogP contribution in [-0.2, 0) is 4.74 Å². The first kappa shape index (κ1) is 15.8. The molecule has 1 aromatic rings. The molecule has 1 aromatic carbocycles. The summed E-state index contributed by atoms with van der Waals surface area (Å²) in [7, 11) is 0. The lowest BCUT2D eigenvalue weighted by Gasteiger charge is -2.23. The maximum absolute atomic E-state index is 11.8. The predicted molar refractivity (Wildman–Crippen MR) is 77.2 cm³/mol. The number of halogens is 1. The summed E-state index contributed by atoms with van der Waals surface area (Å²) >= 11 is 5.96. The van der Waals surface area contributed by atoms with Crippen molar-refractivity contribution in [3.63, 3.8) is 0 Å². The van der Waals surface area contributed by atoms with Crippen LogP contribution in [0.2, 0.25) is 5.02 Å². The van der Waals surface area contributed by atoms with E-state index in [1.54, 1.807) is 6.07 Å². The minimum Gasteiger partial charge on any atom is -0.444 e. The number of benzene rings is 1. The zero-order chi connectivity index (χ0) is 14.5. The molecule has 1 rings (SSSR count). The van der Waals surface area contributed by atoms with Gasteiger partial charge in [-0.05, 0) is 51.4 Å². The molecule has 1 atom stereocenters. The van der Waals surface area contributed by atoms with Gasteiger partial charge >= 0.3 is 6.09 Å². The van der Waals surface area contributed by atoms with E-state index in [9.17, 15) is 4.79 Å². The minimum atomic E-state index is -0.522. The molecular formula is C14H21ClN2O2. The van der Waals surface area contributed by atoms with E-state index in [1.165, 1.54) is 0 Å². The monoisotopic (exact) mass is 284 g/mol. The van der Waals surface area contributed by atoms with Crippen molar-refractivity contribution in [3.8, 4) is 0 Å². The van der Waals surface area contributed by atoms with Crippen molar-refractivity contribution in [1.82, 2.24) is 5.32 Å². The van der Waals surface area contributed by atoms with E-state index in [1.807, 2.05) is 39.0 Å². The van der Waals surface area contributed by atoms with E-state index >= 15 is 0 Å². The third-order valence-electron chi connectivity index (χ3n) is 2.40. The second kappa shape index (κ2) is 6.78. The third-order valence-corrected chi connectivity index (χ3v) is 2.63. The summed E-state index contributed by atoms with van der Waals surface area (Å²) in [6, 6.07) is 7.16. The van der Waals surface area contributed by atoms with Gasteiger partial charge in [0.25, 0.3) is 0 Å². The zero-order valence-electron chi connectivity index (χ0n) is 11.6. The number of nitrogens with one attached hydrogen (secondary N) is 1. The molecule has 5 heteroatoms. The summed E-state index contributed by atoms with van der Waals surface area (Å²) in [5, 5.41) is 3.45. The van der Waals surface area contributed by atoms with Crippen molar-refractivity contribution in [1.29, 1.82) is 0 Å². The van der Waals surface area contributed by atoms with Crippen LogP contribution in [-0.4, -0.2) is 18.2 Å². The van der Waals surface area contributed by atoms with Gasteiger partial charge in [0, 0.05) is 5.02 Å². The Kier molecular flexibility index (Phi) is 5.63. The van der Waals surface area contributed by atoms with E-state index < -0.39 is 11.7 Å². The molecule has 0 aromatic heterocycles. The highest BCUT2D eigenvalue weighted by Gasteiger charge is 2.20. The fourth-order valence-electron chi connectivity index (χ4n) is 1.66. The van der Waals surface area contributed by atoms with Crippen molar-refractivity contribution >= 4 is 17.7 Å². The average Bonchev–Trinajstić information content (AvgIpc) is 2.26. The predicted octanol–water partition coefficient (Wildman–Crippen LogP) is 3.25. The molecule has 0 aliphatic heterocycles. The maximum atomic E-state index is 11.8. The van der Waals surface area contributed by atoms with Crippen molar-refractivity contribution < 1.29 is 9.53 Å². The highest BCUT2D eigenvalue weighted by molar-refractivity contribution is 6.30. The Labute approximate surface area is 119 Å². The molecule has 1 amide bonds. The van der Waals surface area contributed by atoms with Gasteiger partial charge < -0.3 is 15.8 Å². The number of ether oxygens (including phenoxy) is 1. The summed E-state index contributed by atoms with van der Waals surface area (Å²) in [5.74, 6) is 0. The van der Waals surface area contributed by atoms with E-state index in [0.29, 0.717) is 18.0 Å². The largest absolute Gasteiger partial charge is 0.444 e. The molecule has 0 aliphatic carbocycles. The standard InChI is InChI=1S/C14H21ClN2O2/c1-14(2,3)19-13(18)17-12(7-8-16)10-5-4-6-11(15)9-10/h4-6,9,12H,7-8,16H2,1-3H3,(H,17,18). The van der Waals surface area contributed by atoms with Crippen molar-refractivity contribution in [2.75, 3.05) is 6.54 Å². The van der Waals surface area contributed by atoms with Crippen LogP contribution in [0.15, 0.2) is 24.3 Å². The summed E-state index contributed by atoms with van der Waals surface area (Å²) in [4.78, 5) is 11.8. The first-order valence-electron chi connectivity index (χ1n) is 6.27. The first-order valence-corrected chi connectivity index (χ1v) is 6.64. The fourth-order valence-corrected chi connectivity index (χ4v) is 1.86. The van der Waals surface area contributed by atoms with Gasteiger partial charge in [-0.25, -0.2) is 4.79 Å². The third kappa shape index (κ3) is 5.94. The lowest BCUT2D eigenvalue weighted by Crippen LogP contribution is -2.35. The van der Waals surface area contributed by atoms with Crippen LogP contribution >= 0.6 is 11.6 Å². The smallest absolute Gasteiger partial charge is 0.408 e. The van der Waals surface area contributed by atoms with Crippen LogP contribution < -0.4 is 11.1 Å². The number of carbonyl (C=O) groups excluding carboxylic acids is 1. The first-order chi connectivity index (χ1) is 8.81. The Balaban J connectivity index is 2.76. The number of hydrogen-bond donors (Lipinski definition) is 2. The Bertz CT molecular complexity index is 430. The topological polar surface area (TPSA) is 64.3 Å². The van der Waals surface area contributed by atoms with Gasteiger partial charge in [-0.1, -0.05) is 23.7 Å². The van der Waals surface area contributed by atoms with Crippen molar-refractivity contribution in [2.45, 2.75) is 38.8 Å². The van der Waals surface area contributed by atoms with E-state index in [0.717, 1.165) is 5.56 Å². The van der Waals surface area contributed by atoms with Crippen LogP contribution in [0.4, 0.5) is 4.79 Å². The molecule has 0 heterocycles. The molecule has 1 unspecified atom stereocenters. The number of hydrogen-bond acceptors (Lipinski definition) is 3. The van der Waals surface area contributed by atoms with Crippen LogP contribution in [0.25, 0.3) is 0 Å². The van der Waals surface area contributed by atoms with Gasteiger partial charge in [0.2, 0.25) is 0 Å². The summed E-state index contributed by atoms with van der Waals surface area (Å²) in [6.45, 7) is 5.94. The van der Waals surface area contributed by atoms with E-state index in [2.05, 4.69) is 5.32 Å². The molecule has 4 nitrogen and oxygen atoms in total. The molecule has 106 valence electrons. The molecule has 0 fully saturated rings. The normalized spacial score (nSPS) is 12.9. The second-order valence-corrected chi connectivity index (χ2v) is 5.77. The zero-order valence-corrected chi connectivity index (χ0v) is 12.3. The number of carbonyl (C=O) groups is 1. The maximum Gasteiger partial charge on any atom is 0.408 e. The van der Waals surface area contributed by atoms with Gasteiger partial charge in [0.05, 0.1) is 6.04 Å². The highest BCUT2D eigenvalue weighted by atomic mass is 35.5. The Morgan fingerprint density at radius 1 is 1.47 bits per heavy atom. The Morgan fingerprint density at radius 3 is 2.68 bits per heavy atom. The second-order valence-electron chi connectivity index (χ2n) is 5.33. The van der Waals surface area contributed by atoms with Gasteiger partial charge in [-0.15, -0.1) is 0 Å². The SMILES string of the molecule is CC(C)(C)OC(=O)NC(CCN)c1cccc(Cl)c1. The highest BCUT2D eigenvalue weighted by Crippen LogP contribution is 2.20. The summed E-state index contributed by atoms with van der Waals surface area (Å²) in [5.41, 5.74) is 5.98. The number of alkyl carbamates (subject to hydrolysis) is 1. The number of nitrogens with two attached hydrogens (primary N) is 1. The van der Waals surface area contributed by atoms with Gasteiger partial charge in [-0.3, -0.25) is 0 Å². The van der Waals surface area contributed by atoms with E-state index in [4.69, 9.17) is 22.1 Å². The van der Waals surface area contributed by atoms with Gasteiger partial charge in [0.15, 0.2) is 0 Å². The number of rotatable bonds is 4. The number of amides is 1. The Morgan fingerprint density at radius 2 is 2.16 bits per heavy atom. The molecule has 0 aliphatic rings. The van der Waals surface area contributed by atoms with Crippen molar-refractivity contribution in [3.05, 3.63) is 34.9 Å². The molecule has 19 heavy (non-hydrogen) atoms. The summed E-state index contributed by atoms with van der Waals surface area (Å²) in [6.07, 6.45) is 0.172. The van der Waals surface area contributed by atoms with Crippen LogP contribution in [0.1, 0.15) is 38.8 Å². The lowest BCUT2D eigenvalue weighted by atomic mass is 10.0. The van der Waals surface area contributed by atoms with Gasteiger partial charge in [-0.2, -0.15) is 0 Å². The molecule has 0 spiro atoms. The molecule has 0 saturated carbocycles. The minimum absolute atomic E-state index is 0.196. The molecule has 0 saturated heterocycles. The lowest BCUT2D eigenvalue weighted by molar-refractivity contribution is 0.0501. The van der Waals surface area contributed by atoms with Crippen LogP contribution in [0, 0.1) is 0 Å². The summed E-state index contributed by atoms with van der Waals surface area (Å²) < 4.78 is 5.24. The van der Waals surface area contributed by atoms with Crippen LogP contribution in [0.3, 0.4) is 0 Å². The van der Waals surface area contributed by atoms with Gasteiger partial charge in [0.1, 0.15) is 5.60 Å². The molecule has 0 bridgehead atoms. The Hall–Kier alpha value is -1.26. The fraction of sp³-hybridized carbons (Fsp3) is 0.500. The average molecular weight is 285 g/mol. The molecular weight excluding hydrogens is 264 g/mol. The quantitative estimate of drug-likeness (QED) is 0.892. The molecule has 3 N–H and O–H groups in total. The van der Waals surface area contributed by atoms with E-state index in [-0.39, 0.29) is 6.04 Å². The van der Waals surface area contributed by atoms with Crippen molar-refractivity contribution in [2.24, 2.45) is 5.73 Å². The van der Waals surface area contributed by atoms with Crippen LogP contribution in [0.5, 0.6) is 0 Å².